The molecule has 2 aliphatic rings. The van der Waals surface area contributed by atoms with Crippen LogP contribution in [0.1, 0.15) is 25.0 Å². The second-order valence-corrected chi connectivity index (χ2v) is 7.10. The Balaban J connectivity index is 1.37. The van der Waals surface area contributed by atoms with E-state index in [1.54, 1.807) is 9.88 Å². The van der Waals surface area contributed by atoms with Crippen molar-refractivity contribution in [3.05, 3.63) is 28.2 Å². The molecule has 2 N–H and O–H groups in total. The van der Waals surface area contributed by atoms with Crippen LogP contribution in [-0.4, -0.2) is 45.6 Å². The predicted molar refractivity (Wildman–Crippen MR) is 91.3 cm³/mol. The SMILES string of the molecule is O=C(CNc1nnc(-c2ccc(C(F)(F)F)[nH]c2=O)o1)N1CCC(C2CC2)C1. The monoisotopic (exact) mass is 397 g/mol. The highest BCUT2D eigenvalue weighted by Gasteiger charge is 2.37. The summed E-state index contributed by atoms with van der Waals surface area (Å²) in [5.74, 6) is 1.02. The first-order chi connectivity index (χ1) is 13.3. The van der Waals surface area contributed by atoms with Crippen molar-refractivity contribution in [3.8, 4) is 11.5 Å². The summed E-state index contributed by atoms with van der Waals surface area (Å²) in [6.07, 6.45) is -1.14. The zero-order chi connectivity index (χ0) is 19.9. The number of pyridine rings is 1. The molecule has 1 aliphatic heterocycles. The Hall–Kier alpha value is -2.85. The Morgan fingerprint density at radius 2 is 2.04 bits per heavy atom. The van der Waals surface area contributed by atoms with E-state index in [4.69, 9.17) is 4.42 Å². The maximum absolute atomic E-state index is 12.6. The summed E-state index contributed by atoms with van der Waals surface area (Å²) in [5, 5.41) is 10.0. The van der Waals surface area contributed by atoms with Crippen LogP contribution in [0.25, 0.3) is 11.5 Å². The van der Waals surface area contributed by atoms with Crippen molar-refractivity contribution in [1.29, 1.82) is 0 Å². The van der Waals surface area contributed by atoms with E-state index in [9.17, 15) is 22.8 Å². The van der Waals surface area contributed by atoms with Crippen LogP contribution in [0.4, 0.5) is 19.2 Å². The lowest BCUT2D eigenvalue weighted by atomic mass is 10.0. The number of hydrogen-bond acceptors (Lipinski definition) is 6. The van der Waals surface area contributed by atoms with E-state index in [1.807, 2.05) is 0 Å². The molecule has 150 valence electrons. The number of H-pyrrole nitrogens is 1. The molecule has 0 radical (unpaired) electrons. The topological polar surface area (TPSA) is 104 Å². The zero-order valence-corrected chi connectivity index (χ0v) is 14.8. The molecule has 28 heavy (non-hydrogen) atoms. The number of nitrogens with zero attached hydrogens (tertiary/aromatic N) is 3. The van der Waals surface area contributed by atoms with Gasteiger partial charge in [0.1, 0.15) is 11.3 Å². The number of likely N-dealkylation sites (tertiary alicyclic amines) is 1. The number of aromatic amines is 1. The van der Waals surface area contributed by atoms with Gasteiger partial charge in [0, 0.05) is 13.1 Å². The van der Waals surface area contributed by atoms with Crippen LogP contribution in [0.5, 0.6) is 0 Å². The Kier molecular flexibility index (Phi) is 4.60. The Morgan fingerprint density at radius 3 is 2.71 bits per heavy atom. The smallest absolute Gasteiger partial charge is 0.403 e. The Bertz CT molecular complexity index is 935. The molecule has 2 fully saturated rings. The second-order valence-electron chi connectivity index (χ2n) is 7.10. The molecule has 8 nitrogen and oxygen atoms in total. The highest BCUT2D eigenvalue weighted by molar-refractivity contribution is 5.80. The lowest BCUT2D eigenvalue weighted by molar-refractivity contribution is -0.141. The van der Waals surface area contributed by atoms with Crippen molar-refractivity contribution in [1.82, 2.24) is 20.1 Å². The van der Waals surface area contributed by atoms with Gasteiger partial charge in [0.2, 0.25) is 5.91 Å². The van der Waals surface area contributed by atoms with Crippen molar-refractivity contribution in [2.24, 2.45) is 11.8 Å². The van der Waals surface area contributed by atoms with Gasteiger partial charge in [-0.1, -0.05) is 5.10 Å². The van der Waals surface area contributed by atoms with Crippen LogP contribution in [0.15, 0.2) is 21.3 Å². The molecule has 2 aromatic rings. The van der Waals surface area contributed by atoms with Crippen LogP contribution < -0.4 is 10.9 Å². The van der Waals surface area contributed by atoms with Gasteiger partial charge in [-0.05, 0) is 43.2 Å². The van der Waals surface area contributed by atoms with Gasteiger partial charge >= 0.3 is 12.2 Å². The molecule has 1 unspecified atom stereocenters. The largest absolute Gasteiger partial charge is 0.431 e. The standard InChI is InChI=1S/C17H18F3N5O3/c18-17(19,20)12-4-3-11(14(27)22-12)15-23-24-16(28-15)21-7-13(26)25-6-5-10(8-25)9-1-2-9/h3-4,9-10H,1-2,5-8H2,(H,21,24)(H,22,27). The van der Waals surface area contributed by atoms with Crippen LogP contribution >= 0.6 is 0 Å². The fourth-order valence-electron chi connectivity index (χ4n) is 3.44. The lowest BCUT2D eigenvalue weighted by Crippen LogP contribution is -2.34. The molecule has 1 atom stereocenters. The number of rotatable bonds is 5. The van der Waals surface area contributed by atoms with Crippen molar-refractivity contribution >= 4 is 11.9 Å². The normalized spacial score (nSPS) is 19.8. The summed E-state index contributed by atoms with van der Waals surface area (Å²) in [7, 11) is 0. The summed E-state index contributed by atoms with van der Waals surface area (Å²) < 4.78 is 43.1. The minimum atomic E-state index is -4.66. The van der Waals surface area contributed by atoms with Gasteiger partial charge in [-0.15, -0.1) is 5.10 Å². The Labute approximate surface area is 157 Å². The molecule has 1 saturated carbocycles. The van der Waals surface area contributed by atoms with E-state index in [2.05, 4.69) is 15.5 Å². The third kappa shape index (κ3) is 3.87. The molecule has 0 aromatic carbocycles. The van der Waals surface area contributed by atoms with Crippen LogP contribution in [0.2, 0.25) is 0 Å². The maximum Gasteiger partial charge on any atom is 0.431 e. The second kappa shape index (κ2) is 6.95. The predicted octanol–water partition coefficient (Wildman–Crippen LogP) is 2.11. The van der Waals surface area contributed by atoms with Crippen molar-refractivity contribution in [2.75, 3.05) is 25.0 Å². The van der Waals surface area contributed by atoms with E-state index < -0.39 is 17.4 Å². The number of amides is 1. The molecule has 1 saturated heterocycles. The fraction of sp³-hybridized carbons (Fsp3) is 0.529. The van der Waals surface area contributed by atoms with E-state index in [0.717, 1.165) is 37.6 Å². The molecule has 11 heteroatoms. The average Bonchev–Trinajstić information content (AvgIpc) is 3.18. The summed E-state index contributed by atoms with van der Waals surface area (Å²) in [5.41, 5.74) is -2.35. The lowest BCUT2D eigenvalue weighted by Gasteiger charge is -2.16. The summed E-state index contributed by atoms with van der Waals surface area (Å²) in [4.78, 5) is 27.7. The van der Waals surface area contributed by atoms with Crippen LogP contribution in [0.3, 0.4) is 0 Å². The number of anilines is 1. The molecule has 1 amide bonds. The first-order valence-electron chi connectivity index (χ1n) is 8.97. The number of aromatic nitrogens is 3. The molecule has 0 spiro atoms. The number of alkyl halides is 3. The minimum absolute atomic E-state index is 0.0393. The first-order valence-corrected chi connectivity index (χ1v) is 8.97. The highest BCUT2D eigenvalue weighted by Crippen LogP contribution is 2.41. The van der Waals surface area contributed by atoms with Crippen LogP contribution in [0, 0.1) is 11.8 Å². The quantitative estimate of drug-likeness (QED) is 0.801. The third-order valence-corrected chi connectivity index (χ3v) is 5.13. The minimum Gasteiger partial charge on any atom is -0.403 e. The molecular weight excluding hydrogens is 379 g/mol. The van der Waals surface area contributed by atoms with Crippen molar-refractivity contribution in [3.63, 3.8) is 0 Å². The number of hydrogen-bond donors (Lipinski definition) is 2. The van der Waals surface area contributed by atoms with Gasteiger partial charge in [0.05, 0.1) is 6.54 Å². The molecular formula is C17H18F3N5O3. The summed E-state index contributed by atoms with van der Waals surface area (Å²) >= 11 is 0. The van der Waals surface area contributed by atoms with Gasteiger partial charge in [-0.3, -0.25) is 9.59 Å². The number of carbonyl (C=O) groups excluding carboxylic acids is 1. The Morgan fingerprint density at radius 1 is 1.25 bits per heavy atom. The summed E-state index contributed by atoms with van der Waals surface area (Å²) in [6, 6.07) is 1.61. The molecule has 1 aliphatic carbocycles. The van der Waals surface area contributed by atoms with Crippen LogP contribution in [-0.2, 0) is 11.0 Å². The molecule has 2 aromatic heterocycles. The highest BCUT2D eigenvalue weighted by atomic mass is 19.4. The average molecular weight is 397 g/mol. The van der Waals surface area contributed by atoms with E-state index in [0.29, 0.717) is 5.92 Å². The maximum atomic E-state index is 12.6. The van der Waals surface area contributed by atoms with Gasteiger partial charge in [0.15, 0.2) is 0 Å². The van der Waals surface area contributed by atoms with E-state index >= 15 is 0 Å². The fourth-order valence-corrected chi connectivity index (χ4v) is 3.44. The van der Waals surface area contributed by atoms with Gasteiger partial charge in [-0.25, -0.2) is 0 Å². The van der Waals surface area contributed by atoms with Gasteiger partial charge in [-0.2, -0.15) is 13.2 Å². The zero-order valence-electron chi connectivity index (χ0n) is 14.8. The van der Waals surface area contributed by atoms with Gasteiger partial charge in [0.25, 0.3) is 11.4 Å². The molecule has 4 rings (SSSR count). The summed E-state index contributed by atoms with van der Waals surface area (Å²) in [6.45, 7) is 1.46. The van der Waals surface area contributed by atoms with Gasteiger partial charge < -0.3 is 19.6 Å². The number of halogens is 3. The van der Waals surface area contributed by atoms with E-state index in [-0.39, 0.29) is 29.9 Å². The third-order valence-electron chi connectivity index (χ3n) is 5.13. The number of carbonyl (C=O) groups is 1. The van der Waals surface area contributed by atoms with E-state index in [1.165, 1.54) is 12.8 Å². The van der Waals surface area contributed by atoms with Crippen molar-refractivity contribution in [2.45, 2.75) is 25.4 Å². The number of nitrogens with one attached hydrogen (secondary N) is 2. The first kappa shape index (κ1) is 18.5. The molecule has 0 bridgehead atoms. The molecule has 3 heterocycles. The van der Waals surface area contributed by atoms with Crippen molar-refractivity contribution < 1.29 is 22.4 Å².